The van der Waals surface area contributed by atoms with E-state index in [0.29, 0.717) is 6.54 Å². The number of nitrogens with zero attached hydrogens (tertiary/aromatic N) is 1. The molecule has 0 aliphatic rings. The van der Waals surface area contributed by atoms with Crippen LogP contribution in [0.2, 0.25) is 0 Å². The van der Waals surface area contributed by atoms with Crippen molar-refractivity contribution in [2.24, 2.45) is 0 Å². The summed E-state index contributed by atoms with van der Waals surface area (Å²) in [5, 5.41) is 0. The Morgan fingerprint density at radius 3 is 2.31 bits per heavy atom. The Morgan fingerprint density at radius 2 is 1.92 bits per heavy atom. The Balaban J connectivity index is 2.75. The van der Waals surface area contributed by atoms with Crippen LogP contribution in [0.1, 0.15) is 4.88 Å². The zero-order chi connectivity index (χ0) is 10.1. The zero-order valence-corrected chi connectivity index (χ0v) is 8.25. The highest BCUT2D eigenvalue weighted by atomic mass is 32.1. The second-order valence-corrected chi connectivity index (χ2v) is 4.32. The predicted octanol–water partition coefficient (Wildman–Crippen LogP) is 1.86. The molecule has 0 saturated heterocycles. The van der Waals surface area contributed by atoms with Crippen LogP contribution in [-0.4, -0.2) is 26.0 Å². The van der Waals surface area contributed by atoms with Crippen molar-refractivity contribution in [1.29, 1.82) is 0 Å². The van der Waals surface area contributed by atoms with E-state index in [2.05, 4.69) is 0 Å². The monoisotopic (exact) mass is 208 g/mol. The highest BCUT2D eigenvalue weighted by molar-refractivity contribution is 7.23. The van der Waals surface area contributed by atoms with Gasteiger partial charge in [0.2, 0.25) is 0 Å². The largest absolute Gasteiger partial charge is 0.519 e. The van der Waals surface area contributed by atoms with Crippen molar-refractivity contribution >= 4 is 23.1 Å². The van der Waals surface area contributed by atoms with Gasteiger partial charge in [-0.25, -0.2) is 0 Å². The zero-order valence-electron chi connectivity index (χ0n) is 7.43. The predicted molar refractivity (Wildman–Crippen MR) is 50.4 cm³/mol. The average Bonchev–Trinajstić information content (AvgIpc) is 2.32. The lowest BCUT2D eigenvalue weighted by Crippen LogP contribution is -2.30. The molecular formula is C7H10BF3NS-. The molecule has 0 amide bonds. The van der Waals surface area contributed by atoms with Crippen LogP contribution in [0, 0.1) is 0 Å². The van der Waals surface area contributed by atoms with E-state index in [0.717, 1.165) is 22.3 Å². The van der Waals surface area contributed by atoms with Gasteiger partial charge in [-0.3, -0.25) is 0 Å². The number of hydrogen-bond acceptors (Lipinski definition) is 2. The highest BCUT2D eigenvalue weighted by Gasteiger charge is 2.27. The third-order valence-electron chi connectivity index (χ3n) is 1.48. The fourth-order valence-electron chi connectivity index (χ4n) is 0.967. The molecule has 13 heavy (non-hydrogen) atoms. The molecule has 1 aromatic rings. The lowest BCUT2D eigenvalue weighted by atomic mass is 9.90. The Morgan fingerprint density at radius 1 is 1.31 bits per heavy atom. The molecule has 1 aromatic heterocycles. The van der Waals surface area contributed by atoms with Crippen LogP contribution in [-0.2, 0) is 6.54 Å². The van der Waals surface area contributed by atoms with Crippen molar-refractivity contribution in [3.8, 4) is 0 Å². The summed E-state index contributed by atoms with van der Waals surface area (Å²) in [7, 11) is 3.66. The first kappa shape index (κ1) is 10.6. The van der Waals surface area contributed by atoms with Crippen molar-refractivity contribution in [3.63, 3.8) is 0 Å². The van der Waals surface area contributed by atoms with Crippen molar-refractivity contribution in [3.05, 3.63) is 17.0 Å². The first-order valence-corrected chi connectivity index (χ1v) is 4.64. The van der Waals surface area contributed by atoms with Crippen LogP contribution >= 0.6 is 11.3 Å². The molecule has 0 aliphatic carbocycles. The molecule has 1 heterocycles. The Labute approximate surface area is 79.2 Å². The van der Waals surface area contributed by atoms with Crippen LogP contribution in [0.4, 0.5) is 12.9 Å². The van der Waals surface area contributed by atoms with E-state index in [1.807, 2.05) is 19.0 Å². The highest BCUT2D eigenvalue weighted by Crippen LogP contribution is 2.17. The number of thiophene rings is 1. The van der Waals surface area contributed by atoms with Gasteiger partial charge in [0.15, 0.2) is 0 Å². The van der Waals surface area contributed by atoms with E-state index in [9.17, 15) is 12.9 Å². The van der Waals surface area contributed by atoms with E-state index >= 15 is 0 Å². The molecule has 0 atom stereocenters. The Kier molecular flexibility index (Phi) is 3.03. The van der Waals surface area contributed by atoms with Gasteiger partial charge in [0.25, 0.3) is 0 Å². The summed E-state index contributed by atoms with van der Waals surface area (Å²) in [5.41, 5.74) is 0. The Hall–Kier alpha value is -0.485. The average molecular weight is 208 g/mol. The maximum absolute atomic E-state index is 12.2. The van der Waals surface area contributed by atoms with E-state index in [1.54, 1.807) is 0 Å². The number of hydrogen-bond donors (Lipinski definition) is 0. The van der Waals surface area contributed by atoms with Crippen molar-refractivity contribution in [1.82, 2.24) is 4.90 Å². The van der Waals surface area contributed by atoms with Gasteiger partial charge >= 0.3 is 6.98 Å². The van der Waals surface area contributed by atoms with Crippen LogP contribution in [0.15, 0.2) is 12.1 Å². The summed E-state index contributed by atoms with van der Waals surface area (Å²) in [6.45, 7) is -4.25. The SMILES string of the molecule is CN(C)Cc1ccc([B-](F)(F)F)s1. The first-order valence-electron chi connectivity index (χ1n) is 3.83. The summed E-state index contributed by atoms with van der Waals surface area (Å²) in [4.78, 5) is 2.60. The maximum atomic E-state index is 12.2. The van der Waals surface area contributed by atoms with Gasteiger partial charge in [0.05, 0.1) is 0 Å². The second kappa shape index (κ2) is 3.71. The number of halogens is 3. The van der Waals surface area contributed by atoms with Crippen molar-refractivity contribution in [2.75, 3.05) is 14.1 Å². The van der Waals surface area contributed by atoms with Crippen molar-refractivity contribution in [2.45, 2.75) is 6.54 Å². The molecule has 0 aliphatic heterocycles. The third kappa shape index (κ3) is 3.04. The molecule has 6 heteroatoms. The normalized spacial score (nSPS) is 12.5. The van der Waals surface area contributed by atoms with Gasteiger partial charge in [0, 0.05) is 11.4 Å². The van der Waals surface area contributed by atoms with Crippen molar-refractivity contribution < 1.29 is 12.9 Å². The fourth-order valence-corrected chi connectivity index (χ4v) is 2.00. The molecule has 1 rings (SSSR count). The molecular weight excluding hydrogens is 198 g/mol. The van der Waals surface area contributed by atoms with Gasteiger partial charge in [-0.2, -0.15) is 11.3 Å². The lowest BCUT2D eigenvalue weighted by molar-refractivity contribution is 0.406. The van der Waals surface area contributed by atoms with Crippen LogP contribution in [0.3, 0.4) is 0 Å². The van der Waals surface area contributed by atoms with Crippen LogP contribution < -0.4 is 4.78 Å². The quantitative estimate of drug-likeness (QED) is 0.685. The first-order chi connectivity index (χ1) is 5.89. The molecule has 1 nitrogen and oxygen atoms in total. The lowest BCUT2D eigenvalue weighted by Gasteiger charge is -2.11. The van der Waals surface area contributed by atoms with Crippen LogP contribution in [0.25, 0.3) is 0 Å². The van der Waals surface area contributed by atoms with E-state index in [4.69, 9.17) is 0 Å². The van der Waals surface area contributed by atoms with Gasteiger partial charge < -0.3 is 17.8 Å². The Bertz CT molecular complexity index is 282. The van der Waals surface area contributed by atoms with Gasteiger partial charge in [-0.1, -0.05) is 10.8 Å². The van der Waals surface area contributed by atoms with Crippen LogP contribution in [0.5, 0.6) is 0 Å². The van der Waals surface area contributed by atoms with E-state index < -0.39 is 11.8 Å². The van der Waals surface area contributed by atoms with E-state index in [1.165, 1.54) is 6.07 Å². The molecule has 0 N–H and O–H groups in total. The molecule has 0 bridgehead atoms. The fraction of sp³-hybridized carbons (Fsp3) is 0.429. The molecule has 0 aromatic carbocycles. The second-order valence-electron chi connectivity index (χ2n) is 3.12. The van der Waals surface area contributed by atoms with E-state index in [-0.39, 0.29) is 0 Å². The summed E-state index contributed by atoms with van der Waals surface area (Å²) in [5.74, 6) is 0. The minimum Gasteiger partial charge on any atom is -0.444 e. The third-order valence-corrected chi connectivity index (χ3v) is 2.64. The number of rotatable bonds is 3. The summed E-state index contributed by atoms with van der Waals surface area (Å²) < 4.78 is 36.1. The molecule has 0 unspecified atom stereocenters. The molecule has 0 fully saturated rings. The minimum atomic E-state index is -4.81. The van der Waals surface area contributed by atoms with Gasteiger partial charge in [-0.15, -0.1) is 0 Å². The standard InChI is InChI=1S/C7H10BF3NS/c1-12(2)5-6-3-4-7(13-6)8(9,10)11/h3-4H,5H2,1-2H3/q-1. The molecule has 0 radical (unpaired) electrons. The molecule has 74 valence electrons. The van der Waals surface area contributed by atoms with Gasteiger partial charge in [0.1, 0.15) is 0 Å². The molecule has 0 spiro atoms. The maximum Gasteiger partial charge on any atom is 0.519 e. The summed E-state index contributed by atoms with van der Waals surface area (Å²) in [6, 6.07) is 2.69. The minimum absolute atomic E-state index is 0.461. The smallest absolute Gasteiger partial charge is 0.444 e. The van der Waals surface area contributed by atoms with Gasteiger partial charge in [-0.05, 0) is 20.2 Å². The summed E-state index contributed by atoms with van der Waals surface area (Å²) in [6.07, 6.45) is 0. The topological polar surface area (TPSA) is 3.24 Å². The summed E-state index contributed by atoms with van der Waals surface area (Å²) >= 11 is 0.829. The molecule has 0 saturated carbocycles.